The first-order valence-electron chi connectivity index (χ1n) is 6.35. The molecule has 0 saturated carbocycles. The van der Waals surface area contributed by atoms with Crippen molar-refractivity contribution in [2.75, 3.05) is 0 Å². The quantitative estimate of drug-likeness (QED) is 0.832. The smallest absolute Gasteiger partial charge is 0.526 e. The van der Waals surface area contributed by atoms with Crippen LogP contribution in [0.2, 0.25) is 10.8 Å². The van der Waals surface area contributed by atoms with Gasteiger partial charge >= 0.3 is 13.1 Å². The fourth-order valence-corrected chi connectivity index (χ4v) is 2.54. The highest BCUT2D eigenvalue weighted by atomic mass is 35.5. The van der Waals surface area contributed by atoms with Crippen molar-refractivity contribution < 1.29 is 24.4 Å². The van der Waals surface area contributed by atoms with Gasteiger partial charge in [-0.15, -0.1) is 0 Å². The molecule has 106 valence electrons. The van der Waals surface area contributed by atoms with Crippen molar-refractivity contribution in [3.63, 3.8) is 0 Å². The topological polar surface area (TPSA) is 83.8 Å². The Morgan fingerprint density at radius 1 is 1.50 bits per heavy atom. The van der Waals surface area contributed by atoms with Crippen LogP contribution in [0.3, 0.4) is 0 Å². The molecule has 0 spiro atoms. The number of rotatable bonds is 4. The van der Waals surface area contributed by atoms with Crippen molar-refractivity contribution in [3.8, 4) is 5.75 Å². The van der Waals surface area contributed by atoms with Gasteiger partial charge in [-0.25, -0.2) is 4.79 Å². The second-order valence-corrected chi connectivity index (χ2v) is 5.19. The molecule has 0 amide bonds. The van der Waals surface area contributed by atoms with Gasteiger partial charge in [0.1, 0.15) is 17.1 Å². The van der Waals surface area contributed by atoms with Gasteiger partial charge < -0.3 is 14.8 Å². The standard InChI is InChI=1S/C13H14BClO5/c1-2-9(16)6-8-5-7-3-4-10(15)11(13(17)18)12(7)20-14(8)19/h3-4,8,19H,2,5-6H2,1H3,(H,17,18)/t8-/m1/s1. The van der Waals surface area contributed by atoms with Crippen LogP contribution in [0.25, 0.3) is 0 Å². The van der Waals surface area contributed by atoms with Gasteiger partial charge in [-0.3, -0.25) is 4.79 Å². The molecule has 0 bridgehead atoms. The van der Waals surface area contributed by atoms with Crippen molar-refractivity contribution in [2.24, 2.45) is 0 Å². The SMILES string of the molecule is CCC(=O)C[C@H]1Cc2ccc(Cl)c(C(=O)O)c2OB1O. The van der Waals surface area contributed by atoms with Crippen LogP contribution in [0.5, 0.6) is 5.75 Å². The molecule has 1 aliphatic heterocycles. The number of fused-ring (bicyclic) bond motifs is 1. The van der Waals surface area contributed by atoms with Crippen molar-refractivity contribution in [1.82, 2.24) is 0 Å². The fraction of sp³-hybridized carbons (Fsp3) is 0.385. The summed E-state index contributed by atoms with van der Waals surface area (Å²) in [6.07, 6.45) is 0.999. The lowest BCUT2D eigenvalue weighted by atomic mass is 9.64. The Bertz CT molecular complexity index is 560. The van der Waals surface area contributed by atoms with E-state index >= 15 is 0 Å². The molecule has 0 unspecified atom stereocenters. The average molecular weight is 297 g/mol. The van der Waals surface area contributed by atoms with Crippen LogP contribution in [0, 0.1) is 0 Å². The van der Waals surface area contributed by atoms with Crippen LogP contribution in [0.4, 0.5) is 0 Å². The lowest BCUT2D eigenvalue weighted by molar-refractivity contribution is -0.118. The predicted molar refractivity (Wildman–Crippen MR) is 74.4 cm³/mol. The highest BCUT2D eigenvalue weighted by molar-refractivity contribution is 6.47. The molecule has 0 fully saturated rings. The van der Waals surface area contributed by atoms with Gasteiger partial charge in [-0.05, 0) is 18.1 Å². The number of benzene rings is 1. The summed E-state index contributed by atoms with van der Waals surface area (Å²) in [4.78, 5) is 22.7. The van der Waals surface area contributed by atoms with E-state index in [0.717, 1.165) is 0 Å². The van der Waals surface area contributed by atoms with E-state index in [-0.39, 0.29) is 34.4 Å². The summed E-state index contributed by atoms with van der Waals surface area (Å²) in [6, 6.07) is 3.16. The third-order valence-corrected chi connectivity index (χ3v) is 3.73. The number of carboxylic acid groups (broad SMARTS) is 1. The Hall–Kier alpha value is -1.53. The zero-order valence-corrected chi connectivity index (χ0v) is 11.7. The molecule has 20 heavy (non-hydrogen) atoms. The molecule has 0 saturated heterocycles. The number of hydrogen-bond donors (Lipinski definition) is 2. The lowest BCUT2D eigenvalue weighted by Crippen LogP contribution is -2.35. The molecule has 7 heteroatoms. The van der Waals surface area contributed by atoms with Crippen molar-refractivity contribution >= 4 is 30.5 Å². The van der Waals surface area contributed by atoms with Crippen molar-refractivity contribution in [1.29, 1.82) is 0 Å². The van der Waals surface area contributed by atoms with E-state index in [2.05, 4.69) is 0 Å². The molecule has 1 aromatic rings. The Morgan fingerprint density at radius 3 is 2.80 bits per heavy atom. The van der Waals surface area contributed by atoms with Gasteiger partial charge in [-0.1, -0.05) is 24.6 Å². The van der Waals surface area contributed by atoms with Gasteiger partial charge in [0, 0.05) is 18.7 Å². The highest BCUT2D eigenvalue weighted by Crippen LogP contribution is 2.39. The van der Waals surface area contributed by atoms with Crippen LogP contribution < -0.4 is 4.65 Å². The van der Waals surface area contributed by atoms with E-state index in [0.29, 0.717) is 18.4 Å². The summed E-state index contributed by atoms with van der Waals surface area (Å²) in [5.74, 6) is -1.44. The summed E-state index contributed by atoms with van der Waals surface area (Å²) in [5.41, 5.74) is 0.495. The second-order valence-electron chi connectivity index (χ2n) is 4.78. The fourth-order valence-electron chi connectivity index (χ4n) is 2.31. The van der Waals surface area contributed by atoms with Gasteiger partial charge in [0.15, 0.2) is 0 Å². The first kappa shape index (κ1) is 14.9. The number of carbonyl (C=O) groups excluding carboxylic acids is 1. The summed E-state index contributed by atoms with van der Waals surface area (Å²) in [6.45, 7) is 1.76. The maximum Gasteiger partial charge on any atom is 0.526 e. The summed E-state index contributed by atoms with van der Waals surface area (Å²) in [5, 5.41) is 19.2. The number of hydrogen-bond acceptors (Lipinski definition) is 4. The molecule has 1 aromatic carbocycles. The van der Waals surface area contributed by atoms with Gasteiger partial charge in [-0.2, -0.15) is 0 Å². The van der Waals surface area contributed by atoms with Gasteiger partial charge in [0.05, 0.1) is 5.02 Å². The molecule has 0 radical (unpaired) electrons. The summed E-state index contributed by atoms with van der Waals surface area (Å²) < 4.78 is 5.30. The molecule has 2 N–H and O–H groups in total. The maximum absolute atomic E-state index is 11.5. The molecule has 2 rings (SSSR count). The molecular weight excluding hydrogens is 282 g/mol. The largest absolute Gasteiger partial charge is 0.535 e. The molecular formula is C13H14BClO5. The van der Waals surface area contributed by atoms with Crippen LogP contribution in [-0.2, 0) is 11.2 Å². The van der Waals surface area contributed by atoms with E-state index in [1.165, 1.54) is 6.07 Å². The molecule has 0 aromatic heterocycles. The number of carboxylic acids is 1. The second kappa shape index (κ2) is 5.85. The van der Waals surface area contributed by atoms with Crippen LogP contribution >= 0.6 is 11.6 Å². The average Bonchev–Trinajstić information content (AvgIpc) is 2.39. The number of aromatic carboxylic acids is 1. The van der Waals surface area contributed by atoms with Gasteiger partial charge in [0.25, 0.3) is 0 Å². The Morgan fingerprint density at radius 2 is 2.20 bits per heavy atom. The van der Waals surface area contributed by atoms with Crippen LogP contribution in [-0.4, -0.2) is 29.0 Å². The Kier molecular flexibility index (Phi) is 4.35. The minimum Gasteiger partial charge on any atom is -0.535 e. The predicted octanol–water partition coefficient (Wildman–Crippen LogP) is 2.19. The number of carbonyl (C=O) groups is 2. The molecule has 1 heterocycles. The highest BCUT2D eigenvalue weighted by Gasteiger charge is 2.38. The van der Waals surface area contributed by atoms with Crippen molar-refractivity contribution in [3.05, 3.63) is 28.3 Å². The normalized spacial score (nSPS) is 17.4. The number of halogens is 1. The molecule has 1 aliphatic rings. The monoisotopic (exact) mass is 296 g/mol. The summed E-state index contributed by atoms with van der Waals surface area (Å²) >= 11 is 5.85. The zero-order valence-electron chi connectivity index (χ0n) is 10.9. The minimum atomic E-state index is -1.21. The first-order chi connectivity index (χ1) is 9.43. The summed E-state index contributed by atoms with van der Waals surface area (Å²) in [7, 11) is -1.20. The van der Waals surface area contributed by atoms with E-state index in [1.54, 1.807) is 13.0 Å². The van der Waals surface area contributed by atoms with E-state index in [1.807, 2.05) is 0 Å². The third-order valence-electron chi connectivity index (χ3n) is 3.41. The van der Waals surface area contributed by atoms with E-state index in [9.17, 15) is 14.6 Å². The van der Waals surface area contributed by atoms with Crippen LogP contribution in [0.1, 0.15) is 35.7 Å². The lowest BCUT2D eigenvalue weighted by Gasteiger charge is -2.28. The first-order valence-corrected chi connectivity index (χ1v) is 6.73. The van der Waals surface area contributed by atoms with E-state index in [4.69, 9.17) is 21.4 Å². The molecule has 5 nitrogen and oxygen atoms in total. The zero-order chi connectivity index (χ0) is 14.9. The molecule has 1 atom stereocenters. The van der Waals surface area contributed by atoms with Gasteiger partial charge in [0.2, 0.25) is 0 Å². The van der Waals surface area contributed by atoms with Crippen molar-refractivity contribution in [2.45, 2.75) is 32.0 Å². The number of Topliss-reactive ketones (excluding diaryl/α,β-unsaturated/α-hetero) is 1. The van der Waals surface area contributed by atoms with E-state index < -0.39 is 13.1 Å². The number of ketones is 1. The maximum atomic E-state index is 11.5. The minimum absolute atomic E-state index is 0.0357. The van der Waals surface area contributed by atoms with Crippen LogP contribution in [0.15, 0.2) is 12.1 Å². The molecule has 0 aliphatic carbocycles. The third kappa shape index (κ3) is 2.81. The Balaban J connectivity index is 2.34. The Labute approximate surface area is 121 Å².